The Hall–Kier alpha value is -9.09. The summed E-state index contributed by atoms with van der Waals surface area (Å²) in [5.41, 5.74) is 26.9. The van der Waals surface area contributed by atoms with Gasteiger partial charge in [-0.25, -0.2) is 0 Å². The van der Waals surface area contributed by atoms with E-state index in [0.717, 1.165) is 89.0 Å². The summed E-state index contributed by atoms with van der Waals surface area (Å²) in [6, 6.07) is 92.3. The van der Waals surface area contributed by atoms with E-state index in [1.165, 1.54) is 44.5 Å². The molecule has 11 rings (SSSR count). The monoisotopic (exact) mass is 919 g/mol. The van der Waals surface area contributed by atoms with E-state index in [-0.39, 0.29) is 0 Å². The summed E-state index contributed by atoms with van der Waals surface area (Å²) < 4.78 is 0. The third-order valence-electron chi connectivity index (χ3n) is 14.3. The van der Waals surface area contributed by atoms with Crippen molar-refractivity contribution in [3.63, 3.8) is 0 Å². The van der Waals surface area contributed by atoms with Crippen molar-refractivity contribution in [3.05, 3.63) is 277 Å². The van der Waals surface area contributed by atoms with Gasteiger partial charge in [0.1, 0.15) is 6.07 Å². The molecule has 11 aromatic carbocycles. The zero-order chi connectivity index (χ0) is 49.1. The third kappa shape index (κ3) is 8.88. The SMILES string of the molecule is Cc1ccccc1-c1ccc(-c2cc(-c3ccc(-c4ccccc4C)c(C)c3)c(-c3cc(-c4ccccc4)cc(-c4ccccc4)c3)c(C#N)c2-c2cc(-c3ccccc3)cc(-c3ccccc3)c2)cc1C. The van der Waals surface area contributed by atoms with Crippen LogP contribution in [0.15, 0.2) is 249 Å². The number of rotatable bonds is 10. The maximum absolute atomic E-state index is 12.2. The number of hydrogen-bond donors (Lipinski definition) is 0. The number of aryl methyl sites for hydroxylation is 4. The molecule has 0 aliphatic carbocycles. The fourth-order valence-electron chi connectivity index (χ4n) is 10.6. The van der Waals surface area contributed by atoms with Gasteiger partial charge in [-0.3, -0.25) is 0 Å². The van der Waals surface area contributed by atoms with Gasteiger partial charge in [0.15, 0.2) is 0 Å². The first-order chi connectivity index (χ1) is 35.3. The van der Waals surface area contributed by atoms with Gasteiger partial charge in [0, 0.05) is 11.1 Å². The molecule has 0 aliphatic rings. The zero-order valence-electron chi connectivity index (χ0n) is 41.1. The minimum absolute atomic E-state index is 0.622. The lowest BCUT2D eigenvalue weighted by Gasteiger charge is -2.23. The van der Waals surface area contributed by atoms with Crippen LogP contribution in [0, 0.1) is 39.0 Å². The maximum Gasteiger partial charge on any atom is 0.100 e. The molecule has 0 fully saturated rings. The Labute approximate surface area is 424 Å². The van der Waals surface area contributed by atoms with E-state index in [2.05, 4.69) is 282 Å². The summed E-state index contributed by atoms with van der Waals surface area (Å²) in [4.78, 5) is 0. The van der Waals surface area contributed by atoms with Gasteiger partial charge >= 0.3 is 0 Å². The van der Waals surface area contributed by atoms with Crippen molar-refractivity contribution in [1.29, 1.82) is 5.26 Å². The lowest BCUT2D eigenvalue weighted by atomic mass is 9.79. The molecule has 0 amide bonds. The zero-order valence-corrected chi connectivity index (χ0v) is 41.1. The van der Waals surface area contributed by atoms with E-state index >= 15 is 0 Å². The number of hydrogen-bond acceptors (Lipinski definition) is 1. The molecule has 1 heteroatoms. The van der Waals surface area contributed by atoms with Crippen molar-refractivity contribution < 1.29 is 0 Å². The van der Waals surface area contributed by atoms with Gasteiger partial charge in [-0.1, -0.05) is 206 Å². The Morgan fingerprint density at radius 3 is 0.819 bits per heavy atom. The molecule has 11 aromatic rings. The van der Waals surface area contributed by atoms with E-state index in [0.29, 0.717) is 5.56 Å². The average Bonchev–Trinajstić information content (AvgIpc) is 3.43. The van der Waals surface area contributed by atoms with Crippen LogP contribution < -0.4 is 0 Å². The topological polar surface area (TPSA) is 23.8 Å². The maximum atomic E-state index is 12.2. The minimum Gasteiger partial charge on any atom is -0.192 e. The molecule has 0 saturated heterocycles. The molecule has 0 bridgehead atoms. The normalized spacial score (nSPS) is 11.0. The van der Waals surface area contributed by atoms with Gasteiger partial charge in [0.2, 0.25) is 0 Å². The summed E-state index contributed by atoms with van der Waals surface area (Å²) in [5, 5.41) is 12.2. The van der Waals surface area contributed by atoms with Crippen LogP contribution in [0.3, 0.4) is 0 Å². The van der Waals surface area contributed by atoms with Crippen LogP contribution in [0.1, 0.15) is 27.8 Å². The van der Waals surface area contributed by atoms with E-state index in [4.69, 9.17) is 0 Å². The Kier molecular flexibility index (Phi) is 12.4. The van der Waals surface area contributed by atoms with Gasteiger partial charge in [-0.2, -0.15) is 5.26 Å². The standard InChI is InChI=1S/C71H53N/c1-47-21-17-19-31-63(47)65-35-33-55(37-49(65)3)67-45-68(56-34-36-66(50(4)38-56)64-32-20-18-22-48(64)2)71(62-43-59(53-27-13-7-14-28-53)40-60(44-62)54-29-15-8-16-30-54)69(46-72)70(67)61-41-57(51-23-9-5-10-24-51)39-58(42-61)52-25-11-6-12-26-52/h5-45H,1-4H3. The molecular formula is C71H53N. The summed E-state index contributed by atoms with van der Waals surface area (Å²) in [5.74, 6) is 0. The van der Waals surface area contributed by atoms with Crippen LogP contribution in [0.25, 0.3) is 111 Å². The number of benzene rings is 11. The van der Waals surface area contributed by atoms with E-state index in [1.54, 1.807) is 0 Å². The van der Waals surface area contributed by atoms with E-state index < -0.39 is 0 Å². The summed E-state index contributed by atoms with van der Waals surface area (Å²) >= 11 is 0. The average molecular weight is 920 g/mol. The highest BCUT2D eigenvalue weighted by atomic mass is 14.3. The molecule has 0 N–H and O–H groups in total. The van der Waals surface area contributed by atoms with Crippen molar-refractivity contribution in [1.82, 2.24) is 0 Å². The highest BCUT2D eigenvalue weighted by molar-refractivity contribution is 6.03. The fraction of sp³-hybridized carbons (Fsp3) is 0.0563. The summed E-state index contributed by atoms with van der Waals surface area (Å²) in [6.45, 7) is 8.78. The quantitative estimate of drug-likeness (QED) is 0.134. The predicted molar refractivity (Wildman–Crippen MR) is 304 cm³/mol. The van der Waals surface area contributed by atoms with Crippen LogP contribution in [-0.2, 0) is 0 Å². The predicted octanol–water partition coefficient (Wildman–Crippen LogP) is 19.5. The first-order valence-corrected chi connectivity index (χ1v) is 24.8. The number of nitriles is 1. The lowest BCUT2D eigenvalue weighted by Crippen LogP contribution is -2.00. The van der Waals surface area contributed by atoms with Crippen molar-refractivity contribution >= 4 is 0 Å². The van der Waals surface area contributed by atoms with Gasteiger partial charge in [-0.05, 0) is 193 Å². The Morgan fingerprint density at radius 2 is 0.514 bits per heavy atom. The van der Waals surface area contributed by atoms with E-state index in [9.17, 15) is 5.26 Å². The van der Waals surface area contributed by atoms with Crippen molar-refractivity contribution in [3.8, 4) is 117 Å². The summed E-state index contributed by atoms with van der Waals surface area (Å²) in [7, 11) is 0. The van der Waals surface area contributed by atoms with Gasteiger partial charge in [0.05, 0.1) is 5.56 Å². The van der Waals surface area contributed by atoms with Crippen molar-refractivity contribution in [2.75, 3.05) is 0 Å². The molecule has 342 valence electrons. The van der Waals surface area contributed by atoms with Crippen molar-refractivity contribution in [2.45, 2.75) is 27.7 Å². The van der Waals surface area contributed by atoms with Gasteiger partial charge < -0.3 is 0 Å². The molecule has 0 heterocycles. The third-order valence-corrected chi connectivity index (χ3v) is 14.3. The highest BCUT2D eigenvalue weighted by Crippen LogP contribution is 2.49. The molecule has 0 unspecified atom stereocenters. The van der Waals surface area contributed by atoms with Crippen LogP contribution in [0.2, 0.25) is 0 Å². The van der Waals surface area contributed by atoms with Crippen LogP contribution in [-0.4, -0.2) is 0 Å². The number of nitrogens with zero attached hydrogens (tertiary/aromatic N) is 1. The molecule has 0 atom stereocenters. The lowest BCUT2D eigenvalue weighted by molar-refractivity contribution is 1.40. The molecule has 72 heavy (non-hydrogen) atoms. The highest BCUT2D eigenvalue weighted by Gasteiger charge is 2.26. The van der Waals surface area contributed by atoms with Gasteiger partial charge in [0.25, 0.3) is 0 Å². The Bertz CT molecular complexity index is 3460. The molecule has 0 saturated carbocycles. The largest absolute Gasteiger partial charge is 0.192 e. The van der Waals surface area contributed by atoms with Gasteiger partial charge in [-0.15, -0.1) is 0 Å². The molecule has 0 radical (unpaired) electrons. The van der Waals surface area contributed by atoms with Crippen LogP contribution in [0.5, 0.6) is 0 Å². The second-order valence-corrected chi connectivity index (χ2v) is 19.0. The first kappa shape index (κ1) is 45.4. The molecule has 0 aromatic heterocycles. The van der Waals surface area contributed by atoms with Crippen LogP contribution >= 0.6 is 0 Å². The molecular weight excluding hydrogens is 867 g/mol. The summed E-state index contributed by atoms with van der Waals surface area (Å²) in [6.07, 6.45) is 0. The fourth-order valence-corrected chi connectivity index (χ4v) is 10.6. The van der Waals surface area contributed by atoms with Crippen LogP contribution in [0.4, 0.5) is 0 Å². The first-order valence-electron chi connectivity index (χ1n) is 24.8. The molecule has 1 nitrogen and oxygen atoms in total. The second-order valence-electron chi connectivity index (χ2n) is 19.0. The van der Waals surface area contributed by atoms with E-state index in [1.807, 2.05) is 0 Å². The molecule has 0 spiro atoms. The van der Waals surface area contributed by atoms with Crippen molar-refractivity contribution in [2.24, 2.45) is 0 Å². The second kappa shape index (κ2) is 19.7. The minimum atomic E-state index is 0.622. The Morgan fingerprint density at radius 1 is 0.222 bits per heavy atom. The molecule has 0 aliphatic heterocycles. The smallest absolute Gasteiger partial charge is 0.100 e. The Balaban J connectivity index is 1.28.